The average molecular weight is 287 g/mol. The van der Waals surface area contributed by atoms with Crippen molar-refractivity contribution in [1.29, 1.82) is 0 Å². The number of anilines is 1. The van der Waals surface area contributed by atoms with E-state index in [1.54, 1.807) is 12.1 Å². The zero-order valence-corrected chi connectivity index (χ0v) is 11.5. The van der Waals surface area contributed by atoms with Gasteiger partial charge in [0.1, 0.15) is 23.7 Å². The molecule has 0 unspecified atom stereocenters. The number of aromatic nitrogens is 4. The molecule has 0 saturated heterocycles. The van der Waals surface area contributed by atoms with Crippen molar-refractivity contribution in [3.05, 3.63) is 54.0 Å². The SMILES string of the molecule is CCc1ccc(CNc2cc(-n3cnnn3)ccc2F)o1. The van der Waals surface area contributed by atoms with E-state index in [1.165, 1.54) is 17.1 Å². The van der Waals surface area contributed by atoms with Gasteiger partial charge in [0.2, 0.25) is 0 Å². The maximum Gasteiger partial charge on any atom is 0.146 e. The summed E-state index contributed by atoms with van der Waals surface area (Å²) in [5.41, 5.74) is 1.05. The molecule has 2 aromatic heterocycles. The minimum Gasteiger partial charge on any atom is -0.464 e. The van der Waals surface area contributed by atoms with Gasteiger partial charge >= 0.3 is 0 Å². The highest BCUT2D eigenvalue weighted by Crippen LogP contribution is 2.19. The molecule has 3 aromatic rings. The molecular weight excluding hydrogens is 273 g/mol. The smallest absolute Gasteiger partial charge is 0.146 e. The lowest BCUT2D eigenvalue weighted by Gasteiger charge is -2.08. The van der Waals surface area contributed by atoms with Gasteiger partial charge in [-0.2, -0.15) is 0 Å². The highest BCUT2D eigenvalue weighted by atomic mass is 19.1. The monoisotopic (exact) mass is 287 g/mol. The number of rotatable bonds is 5. The molecule has 1 aromatic carbocycles. The van der Waals surface area contributed by atoms with Gasteiger partial charge in [-0.25, -0.2) is 9.07 Å². The first-order chi connectivity index (χ1) is 10.3. The van der Waals surface area contributed by atoms with Gasteiger partial charge in [0.05, 0.1) is 17.9 Å². The molecule has 0 saturated carbocycles. The van der Waals surface area contributed by atoms with Crippen molar-refractivity contribution in [1.82, 2.24) is 20.2 Å². The van der Waals surface area contributed by atoms with Crippen LogP contribution in [0.5, 0.6) is 0 Å². The van der Waals surface area contributed by atoms with Gasteiger partial charge in [-0.15, -0.1) is 5.10 Å². The molecule has 0 radical (unpaired) electrons. The third kappa shape index (κ3) is 2.91. The summed E-state index contributed by atoms with van der Waals surface area (Å²) in [6.45, 7) is 2.43. The Morgan fingerprint density at radius 2 is 2.10 bits per heavy atom. The molecular formula is C14H14FN5O. The van der Waals surface area contributed by atoms with E-state index in [0.717, 1.165) is 17.9 Å². The van der Waals surface area contributed by atoms with E-state index < -0.39 is 0 Å². The number of nitrogens with zero attached hydrogens (tertiary/aromatic N) is 4. The third-order valence-corrected chi connectivity index (χ3v) is 3.08. The Balaban J connectivity index is 1.76. The zero-order valence-electron chi connectivity index (χ0n) is 11.5. The van der Waals surface area contributed by atoms with Gasteiger partial charge in [-0.3, -0.25) is 0 Å². The molecule has 0 bridgehead atoms. The summed E-state index contributed by atoms with van der Waals surface area (Å²) in [5.74, 6) is 1.34. The number of tetrazole rings is 1. The molecule has 21 heavy (non-hydrogen) atoms. The van der Waals surface area contributed by atoms with E-state index in [4.69, 9.17) is 4.42 Å². The van der Waals surface area contributed by atoms with E-state index in [1.807, 2.05) is 19.1 Å². The highest BCUT2D eigenvalue weighted by molar-refractivity contribution is 5.52. The zero-order chi connectivity index (χ0) is 14.7. The van der Waals surface area contributed by atoms with Crippen molar-refractivity contribution in [3.8, 4) is 5.69 Å². The molecule has 0 aliphatic heterocycles. The first-order valence-electron chi connectivity index (χ1n) is 6.60. The lowest BCUT2D eigenvalue weighted by atomic mass is 10.2. The standard InChI is InChI=1S/C14H14FN5O/c1-2-11-4-5-12(21-11)8-16-14-7-10(3-6-13(14)15)20-9-17-18-19-20/h3-7,9,16H,2,8H2,1H3. The molecule has 1 N–H and O–H groups in total. The maximum atomic E-state index is 13.8. The predicted octanol–water partition coefficient (Wildman–Crippen LogP) is 2.57. The quantitative estimate of drug-likeness (QED) is 0.781. The maximum absolute atomic E-state index is 13.8. The number of benzene rings is 1. The van der Waals surface area contributed by atoms with Crippen LogP contribution in [0.4, 0.5) is 10.1 Å². The molecule has 0 spiro atoms. The van der Waals surface area contributed by atoms with E-state index in [2.05, 4.69) is 20.8 Å². The van der Waals surface area contributed by atoms with Crippen LogP contribution in [0.2, 0.25) is 0 Å². The van der Waals surface area contributed by atoms with Gasteiger partial charge in [0, 0.05) is 6.42 Å². The fourth-order valence-corrected chi connectivity index (χ4v) is 1.96. The second-order valence-corrected chi connectivity index (χ2v) is 4.49. The van der Waals surface area contributed by atoms with Crippen LogP contribution in [0.15, 0.2) is 41.1 Å². The Morgan fingerprint density at radius 1 is 1.24 bits per heavy atom. The summed E-state index contributed by atoms with van der Waals surface area (Å²) in [6, 6.07) is 8.44. The van der Waals surface area contributed by atoms with Crippen LogP contribution in [0.25, 0.3) is 5.69 Å². The fraction of sp³-hybridized carbons (Fsp3) is 0.214. The van der Waals surface area contributed by atoms with Gasteiger partial charge in [0.25, 0.3) is 0 Å². The second kappa shape index (κ2) is 5.74. The number of halogens is 1. The van der Waals surface area contributed by atoms with Crippen LogP contribution in [0, 0.1) is 5.82 Å². The number of aryl methyl sites for hydroxylation is 1. The summed E-state index contributed by atoms with van der Waals surface area (Å²) >= 11 is 0. The van der Waals surface area contributed by atoms with Crippen LogP contribution in [0.1, 0.15) is 18.4 Å². The number of furan rings is 1. The Bertz CT molecular complexity index is 723. The largest absolute Gasteiger partial charge is 0.464 e. The van der Waals surface area contributed by atoms with Crippen molar-refractivity contribution < 1.29 is 8.81 Å². The third-order valence-electron chi connectivity index (χ3n) is 3.08. The molecule has 108 valence electrons. The van der Waals surface area contributed by atoms with Crippen molar-refractivity contribution >= 4 is 5.69 Å². The summed E-state index contributed by atoms with van der Waals surface area (Å²) in [6.07, 6.45) is 2.29. The molecule has 0 fully saturated rings. The summed E-state index contributed by atoms with van der Waals surface area (Å²) in [5, 5.41) is 13.9. The van der Waals surface area contributed by atoms with Crippen molar-refractivity contribution in [2.45, 2.75) is 19.9 Å². The summed E-state index contributed by atoms with van der Waals surface area (Å²) in [7, 11) is 0. The number of hydrogen-bond donors (Lipinski definition) is 1. The molecule has 7 heteroatoms. The first kappa shape index (κ1) is 13.3. The minimum atomic E-state index is -0.339. The molecule has 2 heterocycles. The van der Waals surface area contributed by atoms with E-state index in [-0.39, 0.29) is 5.82 Å². The molecule has 0 atom stereocenters. The van der Waals surface area contributed by atoms with Crippen LogP contribution in [-0.2, 0) is 13.0 Å². The van der Waals surface area contributed by atoms with Crippen LogP contribution in [0.3, 0.4) is 0 Å². The molecule has 0 aliphatic rings. The van der Waals surface area contributed by atoms with Crippen LogP contribution >= 0.6 is 0 Å². The van der Waals surface area contributed by atoms with Gasteiger partial charge in [-0.1, -0.05) is 6.92 Å². The molecule has 3 rings (SSSR count). The van der Waals surface area contributed by atoms with Crippen LogP contribution < -0.4 is 5.32 Å². The highest BCUT2D eigenvalue weighted by Gasteiger charge is 2.07. The molecule has 0 aliphatic carbocycles. The Morgan fingerprint density at radius 3 is 2.81 bits per heavy atom. The molecule has 6 nitrogen and oxygen atoms in total. The summed E-state index contributed by atoms with van der Waals surface area (Å²) < 4.78 is 20.9. The van der Waals surface area contributed by atoms with E-state index in [9.17, 15) is 4.39 Å². The second-order valence-electron chi connectivity index (χ2n) is 4.49. The van der Waals surface area contributed by atoms with E-state index in [0.29, 0.717) is 17.9 Å². The number of nitrogens with one attached hydrogen (secondary N) is 1. The van der Waals surface area contributed by atoms with Gasteiger partial charge < -0.3 is 9.73 Å². The minimum absolute atomic E-state index is 0.339. The Kier molecular flexibility index (Phi) is 3.63. The van der Waals surface area contributed by atoms with E-state index >= 15 is 0 Å². The normalized spacial score (nSPS) is 10.8. The summed E-state index contributed by atoms with van der Waals surface area (Å²) in [4.78, 5) is 0. The lowest BCUT2D eigenvalue weighted by molar-refractivity contribution is 0.475. The van der Waals surface area contributed by atoms with Crippen molar-refractivity contribution in [2.75, 3.05) is 5.32 Å². The van der Waals surface area contributed by atoms with Gasteiger partial charge in [0.15, 0.2) is 0 Å². The predicted molar refractivity (Wildman–Crippen MR) is 74.5 cm³/mol. The van der Waals surface area contributed by atoms with Gasteiger partial charge in [-0.05, 0) is 40.8 Å². The fourth-order valence-electron chi connectivity index (χ4n) is 1.96. The van der Waals surface area contributed by atoms with Crippen molar-refractivity contribution in [2.24, 2.45) is 0 Å². The molecule has 0 amide bonds. The average Bonchev–Trinajstić information content (AvgIpc) is 3.18. The first-order valence-corrected chi connectivity index (χ1v) is 6.60. The Hall–Kier alpha value is -2.70. The van der Waals surface area contributed by atoms with Crippen molar-refractivity contribution in [3.63, 3.8) is 0 Å². The number of hydrogen-bond acceptors (Lipinski definition) is 5. The van der Waals surface area contributed by atoms with Crippen LogP contribution in [-0.4, -0.2) is 20.2 Å². The Labute approximate surface area is 120 Å². The topological polar surface area (TPSA) is 68.8 Å². The lowest BCUT2D eigenvalue weighted by Crippen LogP contribution is -2.03.